The summed E-state index contributed by atoms with van der Waals surface area (Å²) in [6.45, 7) is 1.58. The van der Waals surface area contributed by atoms with Crippen LogP contribution in [0, 0.1) is 17.3 Å². The summed E-state index contributed by atoms with van der Waals surface area (Å²) in [5.41, 5.74) is 3.39. The Labute approximate surface area is 256 Å². The number of benzene rings is 2. The van der Waals surface area contributed by atoms with Gasteiger partial charge in [-0.25, -0.2) is 0 Å². The number of methoxy groups -OCH3 is 1. The van der Waals surface area contributed by atoms with Gasteiger partial charge in [-0.3, -0.25) is 9.69 Å². The maximum Gasteiger partial charge on any atom is 0.406 e. The Morgan fingerprint density at radius 3 is 2.50 bits per heavy atom. The molecule has 0 bridgehead atoms. The number of amides is 1. The zero-order valence-electron chi connectivity index (χ0n) is 25.3. The maximum atomic E-state index is 13.7. The minimum atomic E-state index is -4.39. The molecular formula is C34H40F3N5O2. The van der Waals surface area contributed by atoms with Gasteiger partial charge in [0, 0.05) is 48.9 Å². The van der Waals surface area contributed by atoms with E-state index in [1.807, 2.05) is 12.1 Å². The van der Waals surface area contributed by atoms with Gasteiger partial charge in [-0.05, 0) is 86.3 Å². The molecule has 3 N–H and O–H groups in total. The number of halogens is 3. The fourth-order valence-electron chi connectivity index (χ4n) is 7.13. The quantitative estimate of drug-likeness (QED) is 0.265. The predicted octanol–water partition coefficient (Wildman–Crippen LogP) is 6.24. The minimum absolute atomic E-state index is 0.176. The molecule has 1 aliphatic heterocycles. The summed E-state index contributed by atoms with van der Waals surface area (Å²) in [6.07, 6.45) is 4.20. The molecule has 0 unspecified atom stereocenters. The zero-order valence-corrected chi connectivity index (χ0v) is 25.3. The Bertz CT molecular complexity index is 1570. The molecule has 2 heterocycles. The molecule has 2 aliphatic carbocycles. The summed E-state index contributed by atoms with van der Waals surface area (Å²) in [7, 11) is 3.05. The Morgan fingerprint density at radius 2 is 1.84 bits per heavy atom. The number of carbonyl (C=O) groups excluding carboxylic acids is 1. The molecule has 6 rings (SSSR count). The highest BCUT2D eigenvalue weighted by atomic mass is 19.4. The van der Waals surface area contributed by atoms with E-state index in [4.69, 9.17) is 4.74 Å². The lowest BCUT2D eigenvalue weighted by Crippen LogP contribution is -2.63. The number of aromatic nitrogens is 1. The molecule has 10 heteroatoms. The lowest BCUT2D eigenvalue weighted by atomic mass is 9.63. The Balaban J connectivity index is 1.15. The maximum absolute atomic E-state index is 13.7. The van der Waals surface area contributed by atoms with Crippen LogP contribution < -0.4 is 20.7 Å². The van der Waals surface area contributed by atoms with E-state index in [0.717, 1.165) is 36.8 Å². The summed E-state index contributed by atoms with van der Waals surface area (Å²) in [5, 5.41) is 10.1. The van der Waals surface area contributed by atoms with Crippen LogP contribution >= 0.6 is 0 Å². The third kappa shape index (κ3) is 6.34. The van der Waals surface area contributed by atoms with Crippen molar-refractivity contribution >= 4 is 28.2 Å². The number of rotatable bonds is 8. The smallest absolute Gasteiger partial charge is 0.406 e. The molecule has 234 valence electrons. The first-order chi connectivity index (χ1) is 21.2. The first kappa shape index (κ1) is 30.2. The Kier molecular flexibility index (Phi) is 8.42. The van der Waals surface area contributed by atoms with Gasteiger partial charge in [0.1, 0.15) is 12.3 Å². The minimum Gasteiger partial charge on any atom is -0.495 e. The molecule has 0 atom stereocenters. The number of carbonyl (C=O) groups is 1. The monoisotopic (exact) mass is 607 g/mol. The van der Waals surface area contributed by atoms with E-state index < -0.39 is 12.7 Å². The highest BCUT2D eigenvalue weighted by Crippen LogP contribution is 2.50. The standard InChI is InChI=1S/C34H40F3N5O2/c1-38-32(43)23-9-14-29(31(18-23)44-2)39-17-4-6-26-19-27-28(7-3-8-30(27)42(26)22-34(35,36)37)40-24-10-12-25(13-11-24)41-20-33(21-41)15-5-16-33/h3,7-9,14,18-19,24-25,39-40H,5,10-13,15-17,20-22H2,1-2H3,(H,38,43)/t24-,25+. The second-order valence-corrected chi connectivity index (χ2v) is 12.5. The number of likely N-dealkylation sites (tertiary alicyclic amines) is 1. The van der Waals surface area contributed by atoms with E-state index in [2.05, 4.69) is 32.7 Å². The van der Waals surface area contributed by atoms with Crippen LogP contribution in [0.4, 0.5) is 24.5 Å². The third-order valence-corrected chi connectivity index (χ3v) is 9.62. The highest BCUT2D eigenvalue weighted by Gasteiger charge is 2.49. The molecule has 1 amide bonds. The summed E-state index contributed by atoms with van der Waals surface area (Å²) in [4.78, 5) is 14.6. The largest absolute Gasteiger partial charge is 0.495 e. The van der Waals surface area contributed by atoms with Gasteiger partial charge in [0.05, 0.1) is 30.6 Å². The fraction of sp³-hybridized carbons (Fsp3) is 0.500. The van der Waals surface area contributed by atoms with Crippen LogP contribution in [-0.4, -0.2) is 67.4 Å². The fourth-order valence-corrected chi connectivity index (χ4v) is 7.13. The SMILES string of the molecule is CNC(=O)c1ccc(NCC#Cc2cc3c(N[C@H]4CC[C@@H](N5CC6(CCC6)C5)CC4)cccc3n2CC(F)(F)F)c(OC)c1. The number of nitrogens with one attached hydrogen (secondary N) is 3. The zero-order chi connectivity index (χ0) is 30.9. The van der Waals surface area contributed by atoms with Gasteiger partial charge in [-0.2, -0.15) is 13.2 Å². The summed E-state index contributed by atoms with van der Waals surface area (Å²) >= 11 is 0. The van der Waals surface area contributed by atoms with Crippen LogP contribution in [-0.2, 0) is 6.54 Å². The van der Waals surface area contributed by atoms with Gasteiger partial charge in [0.15, 0.2) is 0 Å². The number of nitrogens with zero attached hydrogens (tertiary/aromatic N) is 2. The van der Waals surface area contributed by atoms with Crippen molar-refractivity contribution in [3.8, 4) is 17.6 Å². The number of hydrogen-bond acceptors (Lipinski definition) is 5. The number of fused-ring (bicyclic) bond motifs is 1. The molecule has 1 saturated heterocycles. The van der Waals surface area contributed by atoms with Gasteiger partial charge in [-0.15, -0.1) is 0 Å². The lowest BCUT2D eigenvalue weighted by molar-refractivity contribution is -0.140. The van der Waals surface area contributed by atoms with E-state index in [-0.39, 0.29) is 12.5 Å². The molecular weight excluding hydrogens is 567 g/mol. The van der Waals surface area contributed by atoms with Crippen LogP contribution in [0.1, 0.15) is 61.0 Å². The topological polar surface area (TPSA) is 70.6 Å². The molecule has 2 saturated carbocycles. The number of alkyl halides is 3. The number of anilines is 2. The van der Waals surface area contributed by atoms with Gasteiger partial charge in [0.25, 0.3) is 5.91 Å². The van der Waals surface area contributed by atoms with Gasteiger partial charge >= 0.3 is 6.18 Å². The number of hydrogen-bond donors (Lipinski definition) is 3. The second-order valence-electron chi connectivity index (χ2n) is 12.5. The molecule has 1 aromatic heterocycles. The molecule has 1 spiro atoms. The van der Waals surface area contributed by atoms with Crippen LogP contribution in [0.3, 0.4) is 0 Å². The summed E-state index contributed by atoms with van der Waals surface area (Å²) < 4.78 is 47.7. The molecule has 3 aromatic rings. The van der Waals surface area contributed by atoms with E-state index >= 15 is 0 Å². The first-order valence-corrected chi connectivity index (χ1v) is 15.5. The highest BCUT2D eigenvalue weighted by molar-refractivity contribution is 5.95. The van der Waals surface area contributed by atoms with E-state index in [1.54, 1.807) is 37.4 Å². The van der Waals surface area contributed by atoms with Crippen LogP contribution in [0.2, 0.25) is 0 Å². The molecule has 44 heavy (non-hydrogen) atoms. The molecule has 2 aromatic carbocycles. The van der Waals surface area contributed by atoms with Crippen LogP contribution in [0.25, 0.3) is 10.9 Å². The Hall–Kier alpha value is -3.84. The average molecular weight is 608 g/mol. The summed E-state index contributed by atoms with van der Waals surface area (Å²) in [5.74, 6) is 6.17. The Morgan fingerprint density at radius 1 is 1.07 bits per heavy atom. The molecule has 7 nitrogen and oxygen atoms in total. The molecule has 3 fully saturated rings. The predicted molar refractivity (Wildman–Crippen MR) is 167 cm³/mol. The van der Waals surface area contributed by atoms with Crippen LogP contribution in [0.5, 0.6) is 5.75 Å². The average Bonchev–Trinajstić information content (AvgIpc) is 3.30. The van der Waals surface area contributed by atoms with Crippen molar-refractivity contribution in [1.82, 2.24) is 14.8 Å². The van der Waals surface area contributed by atoms with E-state index in [9.17, 15) is 18.0 Å². The van der Waals surface area contributed by atoms with Gasteiger partial charge < -0.3 is 25.3 Å². The van der Waals surface area contributed by atoms with Crippen molar-refractivity contribution < 1.29 is 22.7 Å². The summed E-state index contributed by atoms with van der Waals surface area (Å²) in [6, 6.07) is 13.2. The van der Waals surface area contributed by atoms with Crippen molar-refractivity contribution in [2.75, 3.05) is 44.4 Å². The number of ether oxygens (including phenoxy) is 1. The van der Waals surface area contributed by atoms with Crippen molar-refractivity contribution in [2.24, 2.45) is 5.41 Å². The van der Waals surface area contributed by atoms with Crippen molar-refractivity contribution in [3.05, 3.63) is 53.7 Å². The van der Waals surface area contributed by atoms with Crippen molar-refractivity contribution in [2.45, 2.75) is 69.8 Å². The third-order valence-electron chi connectivity index (χ3n) is 9.62. The van der Waals surface area contributed by atoms with Gasteiger partial charge in [0.2, 0.25) is 0 Å². The first-order valence-electron chi connectivity index (χ1n) is 15.5. The van der Waals surface area contributed by atoms with Crippen molar-refractivity contribution in [3.63, 3.8) is 0 Å². The van der Waals surface area contributed by atoms with Gasteiger partial charge in [-0.1, -0.05) is 18.4 Å². The normalized spacial score (nSPS) is 21.1. The molecule has 0 radical (unpaired) electrons. The lowest BCUT2D eigenvalue weighted by Gasteiger charge is -2.59. The second kappa shape index (κ2) is 12.3. The molecule has 3 aliphatic rings. The van der Waals surface area contributed by atoms with E-state index in [0.29, 0.717) is 45.7 Å². The van der Waals surface area contributed by atoms with E-state index in [1.165, 1.54) is 44.0 Å². The van der Waals surface area contributed by atoms with Crippen LogP contribution in [0.15, 0.2) is 42.5 Å². The van der Waals surface area contributed by atoms with Crippen molar-refractivity contribution in [1.29, 1.82) is 0 Å².